The summed E-state index contributed by atoms with van der Waals surface area (Å²) in [7, 11) is 0. The van der Waals surface area contributed by atoms with Gasteiger partial charge in [-0.2, -0.15) is 0 Å². The molecule has 1 aromatic carbocycles. The van der Waals surface area contributed by atoms with Gasteiger partial charge >= 0.3 is 0 Å². The zero-order valence-electron chi connectivity index (χ0n) is 12.4. The van der Waals surface area contributed by atoms with Crippen molar-refractivity contribution in [2.24, 2.45) is 0 Å². The van der Waals surface area contributed by atoms with Gasteiger partial charge in [-0.25, -0.2) is 4.39 Å². The summed E-state index contributed by atoms with van der Waals surface area (Å²) in [5, 5.41) is 4.35. The summed E-state index contributed by atoms with van der Waals surface area (Å²) in [4.78, 5) is 2.33. The van der Waals surface area contributed by atoms with Crippen molar-refractivity contribution in [2.75, 3.05) is 0 Å². The molecule has 2 aliphatic carbocycles. The molecule has 0 atom stereocenters. The second-order valence-electron chi connectivity index (χ2n) is 6.27. The Morgan fingerprint density at radius 1 is 1.10 bits per heavy atom. The Kier molecular flexibility index (Phi) is 4.73. The van der Waals surface area contributed by atoms with Gasteiger partial charge in [0.15, 0.2) is 5.11 Å². The monoisotopic (exact) mass is 306 g/mol. The second-order valence-corrected chi connectivity index (χ2v) is 6.66. The standard InChI is InChI=1S/C17H23FN2S/c18-14-8-6-13(7-9-14)12-20(16-4-2-1-3-5-16)17(21)19-15-10-11-15/h6-9,15-16H,1-5,10-12H2,(H,19,21). The molecule has 4 heteroatoms. The quantitative estimate of drug-likeness (QED) is 0.847. The molecule has 0 bridgehead atoms. The Morgan fingerprint density at radius 2 is 1.76 bits per heavy atom. The van der Waals surface area contributed by atoms with Gasteiger partial charge in [-0.1, -0.05) is 31.4 Å². The number of thiocarbonyl (C=S) groups is 1. The molecule has 1 aromatic rings. The van der Waals surface area contributed by atoms with Gasteiger partial charge in [0.2, 0.25) is 0 Å². The molecule has 0 aromatic heterocycles. The van der Waals surface area contributed by atoms with E-state index in [-0.39, 0.29) is 5.82 Å². The van der Waals surface area contributed by atoms with Gasteiger partial charge in [-0.05, 0) is 55.6 Å². The smallest absolute Gasteiger partial charge is 0.169 e. The highest BCUT2D eigenvalue weighted by atomic mass is 32.1. The van der Waals surface area contributed by atoms with Crippen LogP contribution in [0.25, 0.3) is 0 Å². The van der Waals surface area contributed by atoms with Crippen LogP contribution in [0.1, 0.15) is 50.5 Å². The van der Waals surface area contributed by atoms with Crippen molar-refractivity contribution in [1.82, 2.24) is 10.2 Å². The lowest BCUT2D eigenvalue weighted by molar-refractivity contribution is 0.235. The van der Waals surface area contributed by atoms with Crippen molar-refractivity contribution in [3.63, 3.8) is 0 Å². The van der Waals surface area contributed by atoms with E-state index in [1.54, 1.807) is 0 Å². The lowest BCUT2D eigenvalue weighted by atomic mass is 9.94. The van der Waals surface area contributed by atoms with Crippen LogP contribution in [-0.4, -0.2) is 22.1 Å². The van der Waals surface area contributed by atoms with E-state index < -0.39 is 0 Å². The molecule has 2 nitrogen and oxygen atoms in total. The number of nitrogens with zero attached hydrogens (tertiary/aromatic N) is 1. The molecular formula is C17H23FN2S. The van der Waals surface area contributed by atoms with Crippen LogP contribution in [0, 0.1) is 5.82 Å². The van der Waals surface area contributed by atoms with Gasteiger partial charge in [0.1, 0.15) is 5.82 Å². The fourth-order valence-corrected chi connectivity index (χ4v) is 3.41. The summed E-state index contributed by atoms with van der Waals surface area (Å²) in [5.41, 5.74) is 1.13. The number of rotatable bonds is 4. The van der Waals surface area contributed by atoms with Crippen molar-refractivity contribution in [3.8, 4) is 0 Å². The zero-order chi connectivity index (χ0) is 14.7. The molecule has 0 amide bonds. The summed E-state index contributed by atoms with van der Waals surface area (Å²) in [6.07, 6.45) is 8.81. The summed E-state index contributed by atoms with van der Waals surface area (Å²) in [6, 6.07) is 7.91. The first-order chi connectivity index (χ1) is 10.2. The van der Waals surface area contributed by atoms with E-state index >= 15 is 0 Å². The van der Waals surface area contributed by atoms with Crippen molar-refractivity contribution in [1.29, 1.82) is 0 Å². The van der Waals surface area contributed by atoms with E-state index in [1.165, 1.54) is 57.1 Å². The van der Waals surface area contributed by atoms with E-state index in [9.17, 15) is 4.39 Å². The molecule has 2 aliphatic rings. The van der Waals surface area contributed by atoms with Crippen LogP contribution in [0.2, 0.25) is 0 Å². The predicted molar refractivity (Wildman–Crippen MR) is 87.6 cm³/mol. The molecule has 0 heterocycles. The maximum atomic E-state index is 13.1. The molecule has 21 heavy (non-hydrogen) atoms. The topological polar surface area (TPSA) is 15.3 Å². The molecule has 0 saturated heterocycles. The minimum atomic E-state index is -0.179. The maximum Gasteiger partial charge on any atom is 0.169 e. The number of hydrogen-bond acceptors (Lipinski definition) is 1. The van der Waals surface area contributed by atoms with Crippen LogP contribution < -0.4 is 5.32 Å². The molecule has 0 aliphatic heterocycles. The summed E-state index contributed by atoms with van der Waals surface area (Å²) in [5.74, 6) is -0.179. The third-order valence-corrected chi connectivity index (χ3v) is 4.80. The highest BCUT2D eigenvalue weighted by Gasteiger charge is 2.28. The highest BCUT2D eigenvalue weighted by molar-refractivity contribution is 7.80. The van der Waals surface area contributed by atoms with E-state index in [2.05, 4.69) is 10.2 Å². The van der Waals surface area contributed by atoms with Gasteiger partial charge in [-0.3, -0.25) is 0 Å². The Morgan fingerprint density at radius 3 is 2.38 bits per heavy atom. The summed E-state index contributed by atoms with van der Waals surface area (Å²) >= 11 is 5.64. The molecule has 0 spiro atoms. The average molecular weight is 306 g/mol. The largest absolute Gasteiger partial charge is 0.360 e. The lowest BCUT2D eigenvalue weighted by Crippen LogP contribution is -2.46. The van der Waals surface area contributed by atoms with Crippen molar-refractivity contribution in [3.05, 3.63) is 35.6 Å². The van der Waals surface area contributed by atoms with E-state index in [4.69, 9.17) is 12.2 Å². The van der Waals surface area contributed by atoms with Gasteiger partial charge in [0.05, 0.1) is 0 Å². The van der Waals surface area contributed by atoms with Crippen LogP contribution >= 0.6 is 12.2 Å². The average Bonchev–Trinajstić information content (AvgIpc) is 3.31. The van der Waals surface area contributed by atoms with Crippen molar-refractivity contribution < 1.29 is 4.39 Å². The van der Waals surface area contributed by atoms with Crippen LogP contribution in [0.3, 0.4) is 0 Å². The van der Waals surface area contributed by atoms with Crippen LogP contribution in [0.5, 0.6) is 0 Å². The first kappa shape index (κ1) is 14.8. The Labute approximate surface area is 131 Å². The van der Waals surface area contributed by atoms with Gasteiger partial charge in [0.25, 0.3) is 0 Å². The Hall–Kier alpha value is -1.16. The summed E-state index contributed by atoms with van der Waals surface area (Å²) in [6.45, 7) is 0.781. The van der Waals surface area contributed by atoms with E-state index in [0.717, 1.165) is 17.2 Å². The van der Waals surface area contributed by atoms with Crippen LogP contribution in [-0.2, 0) is 6.54 Å². The minimum absolute atomic E-state index is 0.179. The number of nitrogens with one attached hydrogen (secondary N) is 1. The van der Waals surface area contributed by atoms with Crippen molar-refractivity contribution >= 4 is 17.3 Å². The van der Waals surface area contributed by atoms with Gasteiger partial charge in [-0.15, -0.1) is 0 Å². The summed E-state index contributed by atoms with van der Waals surface area (Å²) < 4.78 is 13.1. The number of hydrogen-bond donors (Lipinski definition) is 1. The maximum absolute atomic E-state index is 13.1. The lowest BCUT2D eigenvalue weighted by Gasteiger charge is -2.36. The van der Waals surface area contributed by atoms with Gasteiger partial charge < -0.3 is 10.2 Å². The first-order valence-electron chi connectivity index (χ1n) is 8.04. The normalized spacial score (nSPS) is 19.3. The molecule has 0 radical (unpaired) electrons. The third kappa shape index (κ3) is 4.16. The Balaban J connectivity index is 1.70. The zero-order valence-corrected chi connectivity index (χ0v) is 13.2. The first-order valence-corrected chi connectivity index (χ1v) is 8.45. The van der Waals surface area contributed by atoms with Crippen molar-refractivity contribution in [2.45, 2.75) is 63.6 Å². The van der Waals surface area contributed by atoms with E-state index in [0.29, 0.717) is 12.1 Å². The molecule has 1 N–H and O–H groups in total. The second kappa shape index (κ2) is 6.73. The molecule has 2 fully saturated rings. The predicted octanol–water partition coefficient (Wildman–Crippen LogP) is 4.00. The molecule has 3 rings (SSSR count). The van der Waals surface area contributed by atoms with Crippen LogP contribution in [0.4, 0.5) is 4.39 Å². The molecule has 114 valence electrons. The Bertz CT molecular complexity index is 478. The van der Waals surface area contributed by atoms with E-state index in [1.807, 2.05) is 12.1 Å². The van der Waals surface area contributed by atoms with Gasteiger partial charge in [0, 0.05) is 18.6 Å². The number of halogens is 1. The number of benzene rings is 1. The molecule has 2 saturated carbocycles. The SMILES string of the molecule is Fc1ccc(CN(C(=S)NC2CC2)C2CCCCC2)cc1. The minimum Gasteiger partial charge on any atom is -0.360 e. The highest BCUT2D eigenvalue weighted by Crippen LogP contribution is 2.26. The molecular weight excluding hydrogens is 283 g/mol. The fourth-order valence-electron chi connectivity index (χ4n) is 3.03. The molecule has 0 unspecified atom stereocenters. The third-order valence-electron chi connectivity index (χ3n) is 4.45. The fraction of sp³-hybridized carbons (Fsp3) is 0.588. The van der Waals surface area contributed by atoms with Crippen LogP contribution in [0.15, 0.2) is 24.3 Å².